The second-order valence-corrected chi connectivity index (χ2v) is 9.82. The van der Waals surface area contributed by atoms with E-state index in [4.69, 9.17) is 4.74 Å². The quantitative estimate of drug-likeness (QED) is 0.727. The molecule has 0 radical (unpaired) electrons. The number of amides is 1. The van der Waals surface area contributed by atoms with Crippen molar-refractivity contribution >= 4 is 5.91 Å². The van der Waals surface area contributed by atoms with E-state index in [1.807, 2.05) is 29.2 Å². The van der Waals surface area contributed by atoms with Crippen molar-refractivity contribution in [1.29, 1.82) is 0 Å². The Labute approximate surface area is 177 Å². The Bertz CT molecular complexity index is 654. The van der Waals surface area contributed by atoms with Gasteiger partial charge in [-0.3, -0.25) is 9.69 Å². The van der Waals surface area contributed by atoms with Crippen LogP contribution in [0.4, 0.5) is 0 Å². The largest absolute Gasteiger partial charge is 0.490 e. The van der Waals surface area contributed by atoms with Crippen molar-refractivity contribution in [2.24, 2.45) is 5.41 Å². The molecule has 5 nitrogen and oxygen atoms in total. The van der Waals surface area contributed by atoms with Gasteiger partial charge in [0, 0.05) is 51.4 Å². The van der Waals surface area contributed by atoms with Crippen molar-refractivity contribution < 1.29 is 9.53 Å². The summed E-state index contributed by atoms with van der Waals surface area (Å²) in [5.74, 6) is 0.960. The number of piperazine rings is 1. The average molecular weight is 402 g/mol. The molecule has 0 aliphatic carbocycles. The molecule has 1 amide bonds. The van der Waals surface area contributed by atoms with Crippen LogP contribution in [0.5, 0.6) is 5.75 Å². The standard InChI is InChI=1S/C24H39N3O2/c1-5-11-25-14-16-27(17-15-25)23(28)20-7-6-8-22(18-20)29-21-9-12-26(13-10-21)19-24(2,3)4/h6-8,18,21H,5,9-17,19H2,1-4H3. The first-order valence-electron chi connectivity index (χ1n) is 11.3. The first kappa shape index (κ1) is 22.1. The summed E-state index contributed by atoms with van der Waals surface area (Å²) in [5.41, 5.74) is 1.08. The Morgan fingerprint density at radius 3 is 2.34 bits per heavy atom. The highest BCUT2D eigenvalue weighted by Gasteiger charge is 2.25. The third kappa shape index (κ3) is 6.71. The minimum atomic E-state index is 0.131. The molecule has 0 saturated carbocycles. The van der Waals surface area contributed by atoms with Crippen molar-refractivity contribution in [2.45, 2.75) is 53.1 Å². The van der Waals surface area contributed by atoms with E-state index in [2.05, 4.69) is 37.5 Å². The molecule has 0 atom stereocenters. The van der Waals surface area contributed by atoms with Crippen LogP contribution in [-0.4, -0.2) is 79.1 Å². The molecule has 2 aliphatic heterocycles. The number of piperidine rings is 1. The summed E-state index contributed by atoms with van der Waals surface area (Å²) in [4.78, 5) is 19.9. The maximum atomic E-state index is 12.9. The number of ether oxygens (including phenoxy) is 1. The highest BCUT2D eigenvalue weighted by atomic mass is 16.5. The first-order chi connectivity index (χ1) is 13.8. The van der Waals surface area contributed by atoms with Crippen LogP contribution < -0.4 is 4.74 Å². The van der Waals surface area contributed by atoms with Gasteiger partial charge in [0.1, 0.15) is 11.9 Å². The lowest BCUT2D eigenvalue weighted by molar-refractivity contribution is 0.0635. The molecule has 0 aromatic heterocycles. The van der Waals surface area contributed by atoms with Crippen molar-refractivity contribution in [3.63, 3.8) is 0 Å². The van der Waals surface area contributed by atoms with Gasteiger partial charge >= 0.3 is 0 Å². The topological polar surface area (TPSA) is 36.0 Å². The van der Waals surface area contributed by atoms with Crippen molar-refractivity contribution in [1.82, 2.24) is 14.7 Å². The Kier molecular flexibility index (Phi) is 7.58. The van der Waals surface area contributed by atoms with Crippen LogP contribution in [0, 0.1) is 5.41 Å². The minimum absolute atomic E-state index is 0.131. The smallest absolute Gasteiger partial charge is 0.254 e. The molecule has 2 saturated heterocycles. The van der Waals surface area contributed by atoms with Crippen LogP contribution in [0.1, 0.15) is 57.3 Å². The number of rotatable bonds is 6. The van der Waals surface area contributed by atoms with Crippen molar-refractivity contribution in [3.05, 3.63) is 29.8 Å². The number of nitrogens with zero attached hydrogens (tertiary/aromatic N) is 3. The second-order valence-electron chi connectivity index (χ2n) is 9.82. The number of benzene rings is 1. The van der Waals surface area contributed by atoms with Gasteiger partial charge in [0.2, 0.25) is 0 Å². The Morgan fingerprint density at radius 1 is 1.03 bits per heavy atom. The van der Waals surface area contributed by atoms with Gasteiger partial charge in [-0.25, -0.2) is 0 Å². The average Bonchev–Trinajstić information content (AvgIpc) is 2.69. The normalized spacial score (nSPS) is 20.1. The summed E-state index contributed by atoms with van der Waals surface area (Å²) < 4.78 is 6.26. The zero-order valence-electron chi connectivity index (χ0n) is 18.8. The van der Waals surface area contributed by atoms with E-state index in [-0.39, 0.29) is 12.0 Å². The number of carbonyl (C=O) groups excluding carboxylic acids is 1. The second kappa shape index (κ2) is 9.94. The van der Waals surface area contributed by atoms with Gasteiger partial charge in [0.25, 0.3) is 5.91 Å². The molecule has 162 valence electrons. The monoisotopic (exact) mass is 401 g/mol. The molecule has 3 rings (SSSR count). The maximum absolute atomic E-state index is 12.9. The van der Waals surface area contributed by atoms with Crippen molar-refractivity contribution in [2.75, 3.05) is 52.4 Å². The van der Waals surface area contributed by atoms with E-state index in [1.165, 1.54) is 6.42 Å². The maximum Gasteiger partial charge on any atom is 0.254 e. The van der Waals surface area contributed by atoms with Gasteiger partial charge in [-0.15, -0.1) is 0 Å². The Morgan fingerprint density at radius 2 is 1.72 bits per heavy atom. The van der Waals surface area contributed by atoms with E-state index in [0.717, 1.165) is 76.5 Å². The molecule has 0 bridgehead atoms. The predicted octanol–water partition coefficient (Wildman–Crippen LogP) is 3.74. The zero-order chi connectivity index (χ0) is 20.9. The lowest BCUT2D eigenvalue weighted by Crippen LogP contribution is -2.48. The number of likely N-dealkylation sites (tertiary alicyclic amines) is 1. The molecular formula is C24H39N3O2. The van der Waals surface area contributed by atoms with Crippen LogP contribution in [0.3, 0.4) is 0 Å². The summed E-state index contributed by atoms with van der Waals surface area (Å²) >= 11 is 0. The fourth-order valence-electron chi connectivity index (χ4n) is 4.42. The van der Waals surface area contributed by atoms with Crippen LogP contribution >= 0.6 is 0 Å². The molecule has 0 spiro atoms. The van der Waals surface area contributed by atoms with Crippen LogP contribution in [0.25, 0.3) is 0 Å². The fourth-order valence-corrected chi connectivity index (χ4v) is 4.42. The zero-order valence-corrected chi connectivity index (χ0v) is 18.8. The molecule has 2 aliphatic rings. The number of hydrogen-bond donors (Lipinski definition) is 0. The first-order valence-corrected chi connectivity index (χ1v) is 11.3. The molecular weight excluding hydrogens is 362 g/mol. The van der Waals surface area contributed by atoms with E-state index < -0.39 is 0 Å². The lowest BCUT2D eigenvalue weighted by atomic mass is 9.94. The minimum Gasteiger partial charge on any atom is -0.490 e. The van der Waals surface area contributed by atoms with Gasteiger partial charge in [-0.05, 0) is 49.4 Å². The van der Waals surface area contributed by atoms with Crippen LogP contribution in [0.2, 0.25) is 0 Å². The molecule has 1 aromatic carbocycles. The Balaban J connectivity index is 1.50. The van der Waals surface area contributed by atoms with Gasteiger partial charge < -0.3 is 14.5 Å². The summed E-state index contributed by atoms with van der Waals surface area (Å²) in [6.07, 6.45) is 3.51. The van der Waals surface area contributed by atoms with Crippen molar-refractivity contribution in [3.8, 4) is 5.75 Å². The molecule has 0 unspecified atom stereocenters. The third-order valence-corrected chi connectivity index (χ3v) is 5.82. The summed E-state index contributed by atoms with van der Waals surface area (Å²) in [6.45, 7) is 17.1. The van der Waals surface area contributed by atoms with Gasteiger partial charge in [-0.2, -0.15) is 0 Å². The summed E-state index contributed by atoms with van der Waals surface area (Å²) in [6, 6.07) is 7.78. The lowest BCUT2D eigenvalue weighted by Gasteiger charge is -2.36. The van der Waals surface area contributed by atoms with E-state index in [9.17, 15) is 4.79 Å². The number of carbonyl (C=O) groups is 1. The molecule has 29 heavy (non-hydrogen) atoms. The van der Waals surface area contributed by atoms with Crippen LogP contribution in [-0.2, 0) is 0 Å². The third-order valence-electron chi connectivity index (χ3n) is 5.82. The Hall–Kier alpha value is -1.59. The molecule has 2 fully saturated rings. The SMILES string of the molecule is CCCN1CCN(C(=O)c2cccc(OC3CCN(CC(C)(C)C)CC3)c2)CC1. The molecule has 2 heterocycles. The predicted molar refractivity (Wildman–Crippen MR) is 119 cm³/mol. The molecule has 1 aromatic rings. The van der Waals surface area contributed by atoms with Crippen LogP contribution in [0.15, 0.2) is 24.3 Å². The van der Waals surface area contributed by atoms with Gasteiger partial charge in [0.05, 0.1) is 0 Å². The highest BCUT2D eigenvalue weighted by molar-refractivity contribution is 5.94. The fraction of sp³-hybridized carbons (Fsp3) is 0.708. The van der Waals surface area contributed by atoms with E-state index in [1.54, 1.807) is 0 Å². The van der Waals surface area contributed by atoms with E-state index >= 15 is 0 Å². The van der Waals surface area contributed by atoms with Gasteiger partial charge in [0.15, 0.2) is 0 Å². The summed E-state index contributed by atoms with van der Waals surface area (Å²) in [7, 11) is 0. The molecule has 0 N–H and O–H groups in total. The highest BCUT2D eigenvalue weighted by Crippen LogP contribution is 2.23. The van der Waals surface area contributed by atoms with Gasteiger partial charge in [-0.1, -0.05) is 33.8 Å². The molecule has 5 heteroatoms. The van der Waals surface area contributed by atoms with E-state index in [0.29, 0.717) is 5.41 Å². The number of hydrogen-bond acceptors (Lipinski definition) is 4. The summed E-state index contributed by atoms with van der Waals surface area (Å²) in [5, 5.41) is 0.